The lowest BCUT2D eigenvalue weighted by Crippen LogP contribution is -2.56. The second-order valence-corrected chi connectivity index (χ2v) is 8.77. The molecule has 0 aliphatic heterocycles. The molecule has 10 nitrogen and oxygen atoms in total. The third-order valence-corrected chi connectivity index (χ3v) is 4.54. The van der Waals surface area contributed by atoms with Crippen molar-refractivity contribution in [2.24, 2.45) is 5.73 Å². The molecule has 0 aliphatic carbocycles. The Labute approximate surface area is 204 Å². The molecule has 2 aromatic rings. The van der Waals surface area contributed by atoms with Gasteiger partial charge in [-0.25, -0.2) is 14.6 Å². The van der Waals surface area contributed by atoms with Crippen LogP contribution in [0.1, 0.15) is 38.3 Å². The van der Waals surface area contributed by atoms with E-state index in [9.17, 15) is 19.2 Å². The third-order valence-electron chi connectivity index (χ3n) is 4.54. The number of rotatable bonds is 9. The molecule has 0 heterocycles. The van der Waals surface area contributed by atoms with Crippen molar-refractivity contribution in [2.75, 3.05) is 6.54 Å². The number of hydrazine groups is 1. The van der Waals surface area contributed by atoms with Gasteiger partial charge in [-0.1, -0.05) is 60.7 Å². The van der Waals surface area contributed by atoms with Gasteiger partial charge in [0.05, 0.1) is 6.54 Å². The van der Waals surface area contributed by atoms with Crippen molar-refractivity contribution in [2.45, 2.75) is 51.9 Å². The van der Waals surface area contributed by atoms with Crippen LogP contribution in [0.15, 0.2) is 60.7 Å². The number of ether oxygens (including phenoxy) is 2. The molecule has 35 heavy (non-hydrogen) atoms. The smallest absolute Gasteiger partial charge is 0.429 e. The second kappa shape index (κ2) is 13.0. The zero-order valence-corrected chi connectivity index (χ0v) is 20.2. The van der Waals surface area contributed by atoms with E-state index in [-0.39, 0.29) is 26.0 Å². The average molecular weight is 485 g/mol. The highest BCUT2D eigenvalue weighted by molar-refractivity contribution is 5.87. The van der Waals surface area contributed by atoms with Crippen molar-refractivity contribution in [1.29, 1.82) is 0 Å². The summed E-state index contributed by atoms with van der Waals surface area (Å²) >= 11 is 0. The Balaban J connectivity index is 2.14. The molecule has 10 heteroatoms. The molecule has 0 spiro atoms. The predicted octanol–water partition coefficient (Wildman–Crippen LogP) is 2.67. The number of carbonyl (C=O) groups is 4. The number of amides is 4. The van der Waals surface area contributed by atoms with Gasteiger partial charge in [-0.15, -0.1) is 0 Å². The summed E-state index contributed by atoms with van der Waals surface area (Å²) in [7, 11) is 0. The monoisotopic (exact) mass is 484 g/mol. The maximum atomic E-state index is 13.1. The van der Waals surface area contributed by atoms with Crippen LogP contribution in [-0.4, -0.2) is 47.2 Å². The minimum absolute atomic E-state index is 0.0355. The Kier molecular flexibility index (Phi) is 10.1. The molecule has 0 bridgehead atoms. The van der Waals surface area contributed by atoms with Gasteiger partial charge in [0.1, 0.15) is 18.2 Å². The summed E-state index contributed by atoms with van der Waals surface area (Å²) in [6, 6.07) is 16.9. The molecule has 0 saturated heterocycles. The van der Waals surface area contributed by atoms with Crippen LogP contribution in [0.25, 0.3) is 0 Å². The van der Waals surface area contributed by atoms with Crippen molar-refractivity contribution < 1.29 is 28.7 Å². The number of carbonyl (C=O) groups excluding carboxylic acids is 4. The molecule has 0 radical (unpaired) electrons. The molecule has 188 valence electrons. The van der Waals surface area contributed by atoms with Crippen LogP contribution in [0.2, 0.25) is 0 Å². The van der Waals surface area contributed by atoms with E-state index in [2.05, 4.69) is 10.7 Å². The lowest BCUT2D eigenvalue weighted by Gasteiger charge is -2.27. The topological polar surface area (TPSA) is 140 Å². The number of nitrogens with two attached hydrogens (primary N) is 1. The van der Waals surface area contributed by atoms with E-state index in [1.807, 2.05) is 12.1 Å². The number of hydrogen-bond acceptors (Lipinski definition) is 6. The van der Waals surface area contributed by atoms with Gasteiger partial charge >= 0.3 is 12.2 Å². The van der Waals surface area contributed by atoms with E-state index in [0.717, 1.165) is 16.1 Å². The molecule has 0 aromatic heterocycles. The van der Waals surface area contributed by atoms with Gasteiger partial charge in [-0.05, 0) is 31.9 Å². The van der Waals surface area contributed by atoms with Crippen molar-refractivity contribution >= 4 is 24.0 Å². The number of hydrogen-bond donors (Lipinski definition) is 3. The second-order valence-electron chi connectivity index (χ2n) is 8.77. The molecule has 4 amide bonds. The van der Waals surface area contributed by atoms with Crippen LogP contribution in [0.3, 0.4) is 0 Å². The predicted molar refractivity (Wildman–Crippen MR) is 129 cm³/mol. The number of benzene rings is 2. The van der Waals surface area contributed by atoms with E-state index in [1.165, 1.54) is 0 Å². The van der Waals surface area contributed by atoms with Crippen molar-refractivity contribution in [1.82, 2.24) is 15.8 Å². The number of nitrogens with zero attached hydrogens (tertiary/aromatic N) is 1. The minimum Gasteiger partial charge on any atom is -0.444 e. The summed E-state index contributed by atoms with van der Waals surface area (Å²) in [5, 5.41) is 3.41. The Morgan fingerprint density at radius 3 is 2.06 bits per heavy atom. The fraction of sp³-hybridized carbons (Fsp3) is 0.360. The Morgan fingerprint density at radius 1 is 0.943 bits per heavy atom. The number of nitrogens with one attached hydrogen (secondary N) is 2. The minimum atomic E-state index is -1.08. The summed E-state index contributed by atoms with van der Waals surface area (Å²) in [5.41, 5.74) is 8.41. The number of primary amides is 1. The van der Waals surface area contributed by atoms with Gasteiger partial charge in [0.2, 0.25) is 5.91 Å². The van der Waals surface area contributed by atoms with Gasteiger partial charge in [0, 0.05) is 12.8 Å². The van der Waals surface area contributed by atoms with Crippen LogP contribution in [-0.2, 0) is 32.1 Å². The van der Waals surface area contributed by atoms with E-state index < -0.39 is 35.6 Å². The lowest BCUT2D eigenvalue weighted by molar-refractivity contribution is -0.128. The summed E-state index contributed by atoms with van der Waals surface area (Å²) in [6.45, 7) is 4.86. The third kappa shape index (κ3) is 10.6. The van der Waals surface area contributed by atoms with E-state index in [0.29, 0.717) is 0 Å². The fourth-order valence-electron chi connectivity index (χ4n) is 2.93. The molecule has 1 atom stereocenters. The molecule has 2 aromatic carbocycles. The summed E-state index contributed by atoms with van der Waals surface area (Å²) in [5.74, 6) is -1.35. The molecule has 0 aliphatic rings. The van der Waals surface area contributed by atoms with Crippen LogP contribution in [0.4, 0.5) is 9.59 Å². The Morgan fingerprint density at radius 2 is 1.51 bits per heavy atom. The number of alkyl carbamates (subject to hydrolysis) is 1. The van der Waals surface area contributed by atoms with E-state index in [1.54, 1.807) is 69.3 Å². The molecular weight excluding hydrogens is 452 g/mol. The highest BCUT2D eigenvalue weighted by Crippen LogP contribution is 2.09. The maximum Gasteiger partial charge on any atom is 0.429 e. The molecule has 2 rings (SSSR count). The summed E-state index contributed by atoms with van der Waals surface area (Å²) in [4.78, 5) is 49.5. The first-order valence-corrected chi connectivity index (χ1v) is 11.1. The normalized spacial score (nSPS) is 11.6. The molecular formula is C25H32N4O6. The van der Waals surface area contributed by atoms with Crippen LogP contribution in [0, 0.1) is 0 Å². The van der Waals surface area contributed by atoms with Crippen LogP contribution < -0.4 is 16.5 Å². The lowest BCUT2D eigenvalue weighted by atomic mass is 10.1. The van der Waals surface area contributed by atoms with E-state index in [4.69, 9.17) is 15.2 Å². The summed E-state index contributed by atoms with van der Waals surface area (Å²) in [6.07, 6.45) is -1.74. The standard InChI is InChI=1S/C25H32N4O6/c1-25(2,3)35-23(32)27-20(16-18-10-6-4-7-11-18)22(31)28-29(15-14-21(26)30)24(33)34-17-19-12-8-5-9-13-19/h4-13,20H,14-17H2,1-3H3,(H2,26,30)(H,27,32)(H,28,31)/t20-/m0/s1. The first-order chi connectivity index (χ1) is 16.5. The van der Waals surface area contributed by atoms with Gasteiger partial charge in [0.25, 0.3) is 5.91 Å². The van der Waals surface area contributed by atoms with Crippen molar-refractivity contribution in [3.8, 4) is 0 Å². The molecule has 0 saturated carbocycles. The fourth-order valence-corrected chi connectivity index (χ4v) is 2.93. The highest BCUT2D eigenvalue weighted by Gasteiger charge is 2.28. The zero-order valence-electron chi connectivity index (χ0n) is 20.2. The first kappa shape index (κ1) is 27.2. The largest absolute Gasteiger partial charge is 0.444 e. The highest BCUT2D eigenvalue weighted by atomic mass is 16.6. The zero-order chi connectivity index (χ0) is 25.8. The van der Waals surface area contributed by atoms with Crippen molar-refractivity contribution in [3.63, 3.8) is 0 Å². The molecule has 0 fully saturated rings. The van der Waals surface area contributed by atoms with Gasteiger partial charge in [0.15, 0.2) is 0 Å². The average Bonchev–Trinajstić information content (AvgIpc) is 2.79. The van der Waals surface area contributed by atoms with Crippen LogP contribution in [0.5, 0.6) is 0 Å². The molecule has 0 unspecified atom stereocenters. The van der Waals surface area contributed by atoms with Crippen molar-refractivity contribution in [3.05, 3.63) is 71.8 Å². The van der Waals surface area contributed by atoms with Gasteiger partial charge in [-0.3, -0.25) is 15.0 Å². The summed E-state index contributed by atoms with van der Waals surface area (Å²) < 4.78 is 10.6. The van der Waals surface area contributed by atoms with Gasteiger partial charge in [-0.2, -0.15) is 0 Å². The molecule has 4 N–H and O–H groups in total. The quantitative estimate of drug-likeness (QED) is 0.468. The Hall–Kier alpha value is -4.08. The SMILES string of the molecule is CC(C)(C)OC(=O)N[C@@H](Cc1ccccc1)C(=O)NN(CCC(N)=O)C(=O)OCc1ccccc1. The Bertz CT molecular complexity index is 992. The van der Waals surface area contributed by atoms with Gasteiger partial charge < -0.3 is 20.5 Å². The first-order valence-electron chi connectivity index (χ1n) is 11.1. The van der Waals surface area contributed by atoms with Crippen LogP contribution >= 0.6 is 0 Å². The maximum absolute atomic E-state index is 13.1. The van der Waals surface area contributed by atoms with E-state index >= 15 is 0 Å².